The van der Waals surface area contributed by atoms with Gasteiger partial charge in [0.25, 0.3) is 0 Å². The van der Waals surface area contributed by atoms with Gasteiger partial charge in [0.1, 0.15) is 0 Å². The number of amides is 1. The third-order valence-corrected chi connectivity index (χ3v) is 4.01. The highest BCUT2D eigenvalue weighted by Gasteiger charge is 2.07. The molecule has 2 aromatic rings. The van der Waals surface area contributed by atoms with Crippen LogP contribution in [0, 0.1) is 6.92 Å². The molecule has 1 aromatic heterocycles. The number of rotatable bonds is 7. The number of carbonyl (C=O) groups is 1. The van der Waals surface area contributed by atoms with E-state index in [-0.39, 0.29) is 5.91 Å². The SMILES string of the molecule is COc1ccc(CCNC(=O)Cc2csc(C)n2)cc1OC. The van der Waals surface area contributed by atoms with E-state index in [4.69, 9.17) is 9.47 Å². The molecule has 0 spiro atoms. The highest BCUT2D eigenvalue weighted by atomic mass is 32.1. The smallest absolute Gasteiger partial charge is 0.226 e. The van der Waals surface area contributed by atoms with Crippen LogP contribution >= 0.6 is 11.3 Å². The van der Waals surface area contributed by atoms with Gasteiger partial charge in [-0.05, 0) is 31.0 Å². The molecular formula is C16H20N2O3S. The number of ether oxygens (including phenoxy) is 2. The summed E-state index contributed by atoms with van der Waals surface area (Å²) < 4.78 is 10.5. The number of hydrogen-bond acceptors (Lipinski definition) is 5. The largest absolute Gasteiger partial charge is 0.493 e. The maximum atomic E-state index is 11.8. The lowest BCUT2D eigenvalue weighted by atomic mass is 10.1. The van der Waals surface area contributed by atoms with Crippen molar-refractivity contribution in [2.45, 2.75) is 19.8 Å². The maximum Gasteiger partial charge on any atom is 0.226 e. The molecule has 0 fully saturated rings. The van der Waals surface area contributed by atoms with Crippen LogP contribution in [-0.2, 0) is 17.6 Å². The van der Waals surface area contributed by atoms with Crippen LogP contribution in [0.5, 0.6) is 11.5 Å². The Hall–Kier alpha value is -2.08. The van der Waals surface area contributed by atoms with Gasteiger partial charge in [0.15, 0.2) is 11.5 Å². The van der Waals surface area contributed by atoms with Gasteiger partial charge in [-0.15, -0.1) is 11.3 Å². The highest BCUT2D eigenvalue weighted by molar-refractivity contribution is 7.09. The number of nitrogens with one attached hydrogen (secondary N) is 1. The average Bonchev–Trinajstić information content (AvgIpc) is 2.92. The molecule has 0 bridgehead atoms. The summed E-state index contributed by atoms with van der Waals surface area (Å²) in [5.74, 6) is 1.39. The van der Waals surface area contributed by atoms with E-state index < -0.39 is 0 Å². The van der Waals surface area contributed by atoms with Crippen LogP contribution in [0.4, 0.5) is 0 Å². The lowest BCUT2D eigenvalue weighted by Gasteiger charge is -2.10. The van der Waals surface area contributed by atoms with Crippen molar-refractivity contribution in [2.75, 3.05) is 20.8 Å². The fourth-order valence-electron chi connectivity index (χ4n) is 2.10. The summed E-state index contributed by atoms with van der Waals surface area (Å²) >= 11 is 1.56. The Morgan fingerprint density at radius 1 is 1.27 bits per heavy atom. The summed E-state index contributed by atoms with van der Waals surface area (Å²) in [7, 11) is 3.22. The number of nitrogens with zero attached hydrogens (tertiary/aromatic N) is 1. The molecule has 1 N–H and O–H groups in total. The minimum absolute atomic E-state index is 0.00854. The molecule has 0 saturated carbocycles. The monoisotopic (exact) mass is 320 g/mol. The molecule has 6 heteroatoms. The second-order valence-corrected chi connectivity index (χ2v) is 5.89. The Morgan fingerprint density at radius 3 is 2.68 bits per heavy atom. The topological polar surface area (TPSA) is 60.5 Å². The molecule has 1 aromatic carbocycles. The van der Waals surface area contributed by atoms with Gasteiger partial charge in [0, 0.05) is 11.9 Å². The number of methoxy groups -OCH3 is 2. The first-order valence-corrected chi connectivity index (χ1v) is 7.89. The van der Waals surface area contributed by atoms with E-state index in [9.17, 15) is 4.79 Å². The number of carbonyl (C=O) groups excluding carboxylic acids is 1. The quantitative estimate of drug-likeness (QED) is 0.851. The van der Waals surface area contributed by atoms with Crippen molar-refractivity contribution >= 4 is 17.2 Å². The Labute approximate surface area is 134 Å². The van der Waals surface area contributed by atoms with E-state index in [1.165, 1.54) is 0 Å². The third-order valence-electron chi connectivity index (χ3n) is 3.19. The fraction of sp³-hybridized carbons (Fsp3) is 0.375. The maximum absolute atomic E-state index is 11.8. The number of benzene rings is 1. The second kappa shape index (κ2) is 7.79. The van der Waals surface area contributed by atoms with Crippen LogP contribution in [0.1, 0.15) is 16.3 Å². The van der Waals surface area contributed by atoms with Crippen molar-refractivity contribution in [1.82, 2.24) is 10.3 Å². The van der Waals surface area contributed by atoms with E-state index in [1.54, 1.807) is 25.6 Å². The number of aromatic nitrogens is 1. The molecule has 2 rings (SSSR count). The Balaban J connectivity index is 1.82. The predicted octanol–water partition coefficient (Wildman–Crippen LogP) is 2.37. The van der Waals surface area contributed by atoms with Crippen molar-refractivity contribution in [1.29, 1.82) is 0 Å². The van der Waals surface area contributed by atoms with Gasteiger partial charge in [0.2, 0.25) is 5.91 Å². The van der Waals surface area contributed by atoms with Gasteiger partial charge < -0.3 is 14.8 Å². The second-order valence-electron chi connectivity index (χ2n) is 4.82. The molecule has 0 aliphatic heterocycles. The van der Waals surface area contributed by atoms with Crippen molar-refractivity contribution in [2.24, 2.45) is 0 Å². The summed E-state index contributed by atoms with van der Waals surface area (Å²) in [6.45, 7) is 2.51. The van der Waals surface area contributed by atoms with Crippen LogP contribution in [0.15, 0.2) is 23.6 Å². The number of hydrogen-bond donors (Lipinski definition) is 1. The van der Waals surface area contributed by atoms with Crippen LogP contribution < -0.4 is 14.8 Å². The van der Waals surface area contributed by atoms with Crippen molar-refractivity contribution < 1.29 is 14.3 Å². The first-order valence-electron chi connectivity index (χ1n) is 7.01. The minimum atomic E-state index is -0.00854. The zero-order valence-corrected chi connectivity index (χ0v) is 13.8. The molecular weight excluding hydrogens is 300 g/mol. The Kier molecular flexibility index (Phi) is 5.77. The predicted molar refractivity (Wildman–Crippen MR) is 86.8 cm³/mol. The van der Waals surface area contributed by atoms with Crippen molar-refractivity contribution in [3.63, 3.8) is 0 Å². The minimum Gasteiger partial charge on any atom is -0.493 e. The Bertz CT molecular complexity index is 640. The van der Waals surface area contributed by atoms with Crippen LogP contribution in [0.3, 0.4) is 0 Å². The number of aryl methyl sites for hydroxylation is 1. The molecule has 0 aliphatic rings. The van der Waals surface area contributed by atoms with E-state index >= 15 is 0 Å². The summed E-state index contributed by atoms with van der Waals surface area (Å²) in [4.78, 5) is 16.1. The van der Waals surface area contributed by atoms with Gasteiger partial charge >= 0.3 is 0 Å². The van der Waals surface area contributed by atoms with Crippen molar-refractivity contribution in [3.05, 3.63) is 39.8 Å². The lowest BCUT2D eigenvalue weighted by molar-refractivity contribution is -0.120. The van der Waals surface area contributed by atoms with Gasteiger partial charge in [-0.3, -0.25) is 4.79 Å². The van der Waals surface area contributed by atoms with Crippen molar-refractivity contribution in [3.8, 4) is 11.5 Å². The molecule has 0 atom stereocenters. The van der Waals surface area contributed by atoms with Gasteiger partial charge in [0.05, 0.1) is 31.3 Å². The fourth-order valence-corrected chi connectivity index (χ4v) is 2.71. The van der Waals surface area contributed by atoms with Crippen LogP contribution in [0.25, 0.3) is 0 Å². The van der Waals surface area contributed by atoms with Crippen LogP contribution in [-0.4, -0.2) is 31.7 Å². The standard InChI is InChI=1S/C16H20N2O3S/c1-11-18-13(10-22-11)9-16(19)17-7-6-12-4-5-14(20-2)15(8-12)21-3/h4-5,8,10H,6-7,9H2,1-3H3,(H,17,19). The summed E-state index contributed by atoms with van der Waals surface area (Å²) in [6.07, 6.45) is 1.07. The number of thiazole rings is 1. The van der Waals surface area contributed by atoms with E-state index in [2.05, 4.69) is 10.3 Å². The van der Waals surface area contributed by atoms with Gasteiger partial charge in [-0.2, -0.15) is 0 Å². The summed E-state index contributed by atoms with van der Waals surface area (Å²) in [5.41, 5.74) is 1.91. The Morgan fingerprint density at radius 2 is 2.05 bits per heavy atom. The summed E-state index contributed by atoms with van der Waals surface area (Å²) in [6, 6.07) is 5.76. The lowest BCUT2D eigenvalue weighted by Crippen LogP contribution is -2.27. The first-order chi connectivity index (χ1) is 10.6. The molecule has 22 heavy (non-hydrogen) atoms. The normalized spacial score (nSPS) is 10.3. The zero-order valence-electron chi connectivity index (χ0n) is 13.0. The highest BCUT2D eigenvalue weighted by Crippen LogP contribution is 2.27. The molecule has 118 valence electrons. The third kappa shape index (κ3) is 4.46. The van der Waals surface area contributed by atoms with E-state index in [0.717, 1.165) is 22.7 Å². The van der Waals surface area contributed by atoms with E-state index in [1.807, 2.05) is 30.5 Å². The van der Waals surface area contributed by atoms with E-state index in [0.29, 0.717) is 24.5 Å². The molecule has 5 nitrogen and oxygen atoms in total. The summed E-state index contributed by atoms with van der Waals surface area (Å²) in [5, 5.41) is 5.81. The molecule has 0 radical (unpaired) electrons. The molecule has 1 heterocycles. The first kappa shape index (κ1) is 16.3. The molecule has 0 aliphatic carbocycles. The molecule has 0 saturated heterocycles. The van der Waals surface area contributed by atoms with Crippen LogP contribution in [0.2, 0.25) is 0 Å². The molecule has 1 amide bonds. The van der Waals surface area contributed by atoms with Gasteiger partial charge in [-0.1, -0.05) is 6.07 Å². The molecule has 0 unspecified atom stereocenters. The van der Waals surface area contributed by atoms with Gasteiger partial charge in [-0.25, -0.2) is 4.98 Å². The average molecular weight is 320 g/mol. The zero-order chi connectivity index (χ0) is 15.9.